The first-order valence-corrected chi connectivity index (χ1v) is 14.1. The maximum atomic E-state index is 12.9. The molecule has 35 heavy (non-hydrogen) atoms. The Morgan fingerprint density at radius 3 is 2.40 bits per heavy atom. The van der Waals surface area contributed by atoms with Crippen molar-refractivity contribution in [3.8, 4) is 5.75 Å². The van der Waals surface area contributed by atoms with Crippen LogP contribution in [0.5, 0.6) is 5.75 Å². The largest absolute Gasteiger partial charge is 0.487 e. The monoisotopic (exact) mass is 766 g/mol. The molecular formula is C24H14Cl2I2N2O3S2. The van der Waals surface area contributed by atoms with Crippen molar-refractivity contribution in [2.75, 3.05) is 0 Å². The molecule has 1 aliphatic rings. The number of carbonyl (C=O) groups is 2. The first kappa shape index (κ1) is 26.7. The van der Waals surface area contributed by atoms with Gasteiger partial charge >= 0.3 is 0 Å². The van der Waals surface area contributed by atoms with E-state index in [1.54, 1.807) is 42.5 Å². The van der Waals surface area contributed by atoms with Gasteiger partial charge in [-0.05, 0) is 111 Å². The van der Waals surface area contributed by atoms with Crippen molar-refractivity contribution >= 4 is 115 Å². The minimum atomic E-state index is -0.407. The Hall–Kier alpha value is -1.38. The van der Waals surface area contributed by atoms with Crippen LogP contribution in [0.25, 0.3) is 6.08 Å². The van der Waals surface area contributed by atoms with E-state index in [4.69, 9.17) is 40.2 Å². The summed E-state index contributed by atoms with van der Waals surface area (Å²) in [5, 5.41) is 2.07. The van der Waals surface area contributed by atoms with Crippen LogP contribution in [0.3, 0.4) is 0 Å². The average molecular weight is 767 g/mol. The fourth-order valence-electron chi connectivity index (χ4n) is 3.06. The summed E-state index contributed by atoms with van der Waals surface area (Å²) in [4.78, 5) is 25.8. The summed E-state index contributed by atoms with van der Waals surface area (Å²) in [5.41, 5.74) is 4.73. The Bertz CT molecular complexity index is 1350. The van der Waals surface area contributed by atoms with Crippen LogP contribution in [-0.2, 0) is 11.4 Å². The Balaban J connectivity index is 1.48. The molecule has 0 bridgehead atoms. The number of ether oxygens (including phenoxy) is 1. The summed E-state index contributed by atoms with van der Waals surface area (Å²) in [6.07, 6.45) is 1.75. The number of thiocarbonyl (C=S) groups is 1. The molecule has 1 saturated heterocycles. The molecule has 0 spiro atoms. The van der Waals surface area contributed by atoms with Gasteiger partial charge in [0.2, 0.25) is 0 Å². The quantitative estimate of drug-likeness (QED) is 0.162. The van der Waals surface area contributed by atoms with Crippen molar-refractivity contribution < 1.29 is 14.3 Å². The molecule has 1 heterocycles. The predicted octanol–water partition coefficient (Wildman–Crippen LogP) is 7.33. The predicted molar refractivity (Wildman–Crippen MR) is 162 cm³/mol. The molecule has 0 unspecified atom stereocenters. The highest BCUT2D eigenvalue weighted by Crippen LogP contribution is 2.35. The lowest BCUT2D eigenvalue weighted by atomic mass is 10.2. The maximum Gasteiger partial charge on any atom is 0.285 e. The van der Waals surface area contributed by atoms with Crippen LogP contribution in [0, 0.1) is 7.14 Å². The average Bonchev–Trinajstić information content (AvgIpc) is 3.08. The van der Waals surface area contributed by atoms with E-state index < -0.39 is 5.91 Å². The molecule has 11 heteroatoms. The van der Waals surface area contributed by atoms with Crippen LogP contribution >= 0.6 is 92.4 Å². The number of hydrazine groups is 1. The zero-order valence-corrected chi connectivity index (χ0v) is 25.0. The first-order chi connectivity index (χ1) is 16.7. The molecular weight excluding hydrogens is 753 g/mol. The summed E-state index contributed by atoms with van der Waals surface area (Å²) >= 11 is 22.9. The van der Waals surface area contributed by atoms with E-state index in [1.807, 2.05) is 24.3 Å². The normalized spacial score (nSPS) is 14.5. The van der Waals surface area contributed by atoms with E-state index in [9.17, 15) is 9.59 Å². The highest BCUT2D eigenvalue weighted by Gasteiger charge is 2.33. The third-order valence-electron chi connectivity index (χ3n) is 4.73. The minimum absolute atomic E-state index is 0.261. The summed E-state index contributed by atoms with van der Waals surface area (Å²) in [7, 11) is 0. The van der Waals surface area contributed by atoms with E-state index in [-0.39, 0.29) is 10.2 Å². The van der Waals surface area contributed by atoms with E-state index in [0.29, 0.717) is 27.1 Å². The molecule has 4 rings (SSSR count). The van der Waals surface area contributed by atoms with Crippen LogP contribution in [0.1, 0.15) is 21.5 Å². The van der Waals surface area contributed by atoms with Gasteiger partial charge in [-0.1, -0.05) is 59.2 Å². The Kier molecular flexibility index (Phi) is 8.98. The van der Waals surface area contributed by atoms with Gasteiger partial charge in [-0.15, -0.1) is 0 Å². The lowest BCUT2D eigenvalue weighted by Gasteiger charge is -2.15. The van der Waals surface area contributed by atoms with Crippen LogP contribution in [-0.4, -0.2) is 21.1 Å². The molecule has 0 radical (unpaired) electrons. The van der Waals surface area contributed by atoms with E-state index in [0.717, 1.165) is 40.8 Å². The molecule has 5 nitrogen and oxygen atoms in total. The molecule has 1 aliphatic heterocycles. The van der Waals surface area contributed by atoms with Crippen molar-refractivity contribution in [2.45, 2.75) is 6.61 Å². The summed E-state index contributed by atoms with van der Waals surface area (Å²) in [5.74, 6) is -0.0536. The molecule has 0 atom stereocenters. The number of rotatable bonds is 6. The van der Waals surface area contributed by atoms with Crippen LogP contribution < -0.4 is 10.2 Å². The van der Waals surface area contributed by atoms with Gasteiger partial charge < -0.3 is 4.74 Å². The highest BCUT2D eigenvalue weighted by atomic mass is 127. The molecule has 0 aromatic heterocycles. The van der Waals surface area contributed by atoms with Gasteiger partial charge in [-0.2, -0.15) is 5.01 Å². The van der Waals surface area contributed by atoms with E-state index >= 15 is 0 Å². The smallest absolute Gasteiger partial charge is 0.285 e. The fourth-order valence-corrected chi connectivity index (χ4v) is 6.68. The number of nitrogens with zero attached hydrogens (tertiary/aromatic N) is 1. The standard InChI is InChI=1S/C24H14Cl2I2N2O3S2/c25-16-7-6-13(8-17(16)26)12-33-21-18(27)9-14(10-19(21)28)11-20-23(32)30(24(34)35-20)29-22(31)15-4-2-1-3-5-15/h1-11H,12H2,(H,29,31). The van der Waals surface area contributed by atoms with Gasteiger partial charge in [-0.3, -0.25) is 15.0 Å². The van der Waals surface area contributed by atoms with E-state index in [2.05, 4.69) is 50.6 Å². The van der Waals surface area contributed by atoms with Gasteiger partial charge in [0, 0.05) is 5.56 Å². The lowest BCUT2D eigenvalue weighted by Crippen LogP contribution is -2.44. The Morgan fingerprint density at radius 2 is 1.74 bits per heavy atom. The van der Waals surface area contributed by atoms with Gasteiger partial charge in [0.1, 0.15) is 12.4 Å². The molecule has 3 aromatic rings. The van der Waals surface area contributed by atoms with Crippen molar-refractivity contribution in [1.29, 1.82) is 0 Å². The van der Waals surface area contributed by atoms with Crippen LogP contribution in [0.2, 0.25) is 10.0 Å². The number of hydrogen-bond donors (Lipinski definition) is 1. The molecule has 0 aliphatic carbocycles. The van der Waals surface area contributed by atoms with Crippen LogP contribution in [0.15, 0.2) is 65.6 Å². The summed E-state index contributed by atoms with van der Waals surface area (Å²) < 4.78 is 8.06. The second kappa shape index (κ2) is 11.8. The summed E-state index contributed by atoms with van der Waals surface area (Å²) in [6, 6.07) is 17.9. The molecule has 2 amide bonds. The Labute approximate surface area is 248 Å². The van der Waals surface area contributed by atoms with Gasteiger partial charge in [0.15, 0.2) is 4.32 Å². The van der Waals surface area contributed by atoms with Crippen molar-refractivity contribution in [3.05, 3.63) is 99.4 Å². The third-order valence-corrected chi connectivity index (χ3v) is 8.37. The Morgan fingerprint density at radius 1 is 1.06 bits per heavy atom. The van der Waals surface area contributed by atoms with Crippen molar-refractivity contribution in [2.24, 2.45) is 0 Å². The maximum absolute atomic E-state index is 12.9. The number of nitrogens with one attached hydrogen (secondary N) is 1. The first-order valence-electron chi connectivity index (χ1n) is 9.92. The number of amides is 2. The van der Waals surface area contributed by atoms with Crippen molar-refractivity contribution in [1.82, 2.24) is 10.4 Å². The third kappa shape index (κ3) is 6.50. The molecule has 3 aromatic carbocycles. The zero-order chi connectivity index (χ0) is 25.1. The summed E-state index contributed by atoms with van der Waals surface area (Å²) in [6.45, 7) is 0.335. The fraction of sp³-hybridized carbons (Fsp3) is 0.0417. The number of benzene rings is 3. The molecule has 178 valence electrons. The topological polar surface area (TPSA) is 58.6 Å². The lowest BCUT2D eigenvalue weighted by molar-refractivity contribution is -0.123. The molecule has 1 fully saturated rings. The highest BCUT2D eigenvalue weighted by molar-refractivity contribution is 14.1. The molecule has 0 saturated carbocycles. The van der Waals surface area contributed by atoms with Gasteiger partial charge in [-0.25, -0.2) is 0 Å². The second-order valence-electron chi connectivity index (χ2n) is 7.17. The molecule has 1 N–H and O–H groups in total. The second-order valence-corrected chi connectivity index (χ2v) is 12.0. The number of halogens is 4. The van der Waals surface area contributed by atoms with Crippen LogP contribution in [0.4, 0.5) is 0 Å². The zero-order valence-electron chi connectivity index (χ0n) is 17.6. The van der Waals surface area contributed by atoms with Gasteiger partial charge in [0.05, 0.1) is 22.1 Å². The number of carbonyl (C=O) groups excluding carboxylic acids is 2. The number of hydrogen-bond acceptors (Lipinski definition) is 5. The number of thioether (sulfide) groups is 1. The van der Waals surface area contributed by atoms with Crippen molar-refractivity contribution in [3.63, 3.8) is 0 Å². The van der Waals surface area contributed by atoms with E-state index in [1.165, 1.54) is 0 Å². The minimum Gasteiger partial charge on any atom is -0.487 e. The SMILES string of the molecule is O=C(NN1C(=O)C(=Cc2cc(I)c(OCc3ccc(Cl)c(Cl)c3)c(I)c2)SC1=S)c1ccccc1. The van der Waals surface area contributed by atoms with Gasteiger partial charge in [0.25, 0.3) is 11.8 Å².